The van der Waals surface area contributed by atoms with Gasteiger partial charge in [0.05, 0.1) is 13.2 Å². The first-order valence-corrected chi connectivity index (χ1v) is 5.37. The molecule has 0 fully saturated rings. The molecule has 1 aliphatic heterocycles. The van der Waals surface area contributed by atoms with Gasteiger partial charge in [-0.3, -0.25) is 0 Å². The highest BCUT2D eigenvalue weighted by molar-refractivity contribution is 4.99. The monoisotopic (exact) mass is 216 g/mol. The summed E-state index contributed by atoms with van der Waals surface area (Å²) in [7, 11) is 0. The highest BCUT2D eigenvalue weighted by atomic mass is 16.7. The van der Waals surface area contributed by atoms with E-state index in [2.05, 4.69) is 13.8 Å². The van der Waals surface area contributed by atoms with Crippen LogP contribution in [-0.4, -0.2) is 41.9 Å². The molecule has 0 aromatic rings. The molecular weight excluding hydrogens is 196 g/mol. The molecule has 0 bridgehead atoms. The Bertz CT molecular complexity index is 203. The van der Waals surface area contributed by atoms with Crippen molar-refractivity contribution in [1.29, 1.82) is 0 Å². The van der Waals surface area contributed by atoms with Gasteiger partial charge in [0.15, 0.2) is 6.29 Å². The average Bonchev–Trinajstić information content (AvgIpc) is 2.20. The summed E-state index contributed by atoms with van der Waals surface area (Å²) in [6, 6.07) is 0. The minimum atomic E-state index is -0.736. The smallest absolute Gasteiger partial charge is 0.177 e. The zero-order valence-corrected chi connectivity index (χ0v) is 9.30. The maximum Gasteiger partial charge on any atom is 0.177 e. The van der Waals surface area contributed by atoms with Crippen LogP contribution >= 0.6 is 0 Å². The molecule has 88 valence electrons. The lowest BCUT2D eigenvalue weighted by Gasteiger charge is -2.28. The van der Waals surface area contributed by atoms with Crippen LogP contribution in [-0.2, 0) is 9.47 Å². The van der Waals surface area contributed by atoms with Gasteiger partial charge in [-0.15, -0.1) is 0 Å². The Morgan fingerprint density at radius 1 is 1.40 bits per heavy atom. The van der Waals surface area contributed by atoms with E-state index < -0.39 is 18.5 Å². The third-order valence-electron chi connectivity index (χ3n) is 2.31. The third-order valence-corrected chi connectivity index (χ3v) is 2.31. The minimum absolute atomic E-state index is 0.199. The second-order valence-electron chi connectivity index (χ2n) is 4.15. The minimum Gasteiger partial charge on any atom is -0.394 e. The lowest BCUT2D eigenvalue weighted by Crippen LogP contribution is -2.38. The SMILES string of the molecule is CC(C)CCO[C@@H]1C=C[C@H](O)[C@@H](CO)O1. The van der Waals surface area contributed by atoms with Crippen molar-refractivity contribution in [3.05, 3.63) is 12.2 Å². The summed E-state index contributed by atoms with van der Waals surface area (Å²) in [5, 5.41) is 18.3. The van der Waals surface area contributed by atoms with Gasteiger partial charge in [0.1, 0.15) is 12.2 Å². The Hall–Kier alpha value is -0.420. The van der Waals surface area contributed by atoms with Crippen LogP contribution in [0.1, 0.15) is 20.3 Å². The van der Waals surface area contributed by atoms with E-state index in [-0.39, 0.29) is 6.61 Å². The fourth-order valence-corrected chi connectivity index (χ4v) is 1.29. The predicted molar refractivity (Wildman–Crippen MR) is 56.3 cm³/mol. The van der Waals surface area contributed by atoms with Gasteiger partial charge in [0, 0.05) is 0 Å². The zero-order chi connectivity index (χ0) is 11.3. The molecule has 0 amide bonds. The summed E-state index contributed by atoms with van der Waals surface area (Å²) in [6.45, 7) is 4.68. The van der Waals surface area contributed by atoms with E-state index >= 15 is 0 Å². The van der Waals surface area contributed by atoms with Gasteiger partial charge >= 0.3 is 0 Å². The first kappa shape index (κ1) is 12.6. The van der Waals surface area contributed by atoms with Crippen LogP contribution in [0.25, 0.3) is 0 Å². The molecule has 0 saturated carbocycles. The maximum absolute atomic E-state index is 9.37. The topological polar surface area (TPSA) is 58.9 Å². The number of hydrogen-bond donors (Lipinski definition) is 2. The predicted octanol–water partition coefficient (Wildman–Crippen LogP) is 0.683. The van der Waals surface area contributed by atoms with Crippen molar-refractivity contribution >= 4 is 0 Å². The van der Waals surface area contributed by atoms with Gasteiger partial charge in [-0.05, 0) is 18.4 Å². The van der Waals surface area contributed by atoms with Gasteiger partial charge in [0.25, 0.3) is 0 Å². The second-order valence-corrected chi connectivity index (χ2v) is 4.15. The van der Waals surface area contributed by atoms with E-state index in [1.165, 1.54) is 0 Å². The van der Waals surface area contributed by atoms with Crippen LogP contribution in [0.3, 0.4) is 0 Å². The van der Waals surface area contributed by atoms with Crippen LogP contribution in [0.15, 0.2) is 12.2 Å². The highest BCUT2D eigenvalue weighted by Gasteiger charge is 2.25. The van der Waals surface area contributed by atoms with Crippen LogP contribution in [0.4, 0.5) is 0 Å². The van der Waals surface area contributed by atoms with Gasteiger partial charge in [-0.2, -0.15) is 0 Å². The number of aliphatic hydroxyl groups excluding tert-OH is 2. The van der Waals surface area contributed by atoms with Crippen molar-refractivity contribution in [1.82, 2.24) is 0 Å². The van der Waals surface area contributed by atoms with Crippen molar-refractivity contribution in [3.63, 3.8) is 0 Å². The third kappa shape index (κ3) is 4.30. The van der Waals surface area contributed by atoms with E-state index in [4.69, 9.17) is 14.6 Å². The van der Waals surface area contributed by atoms with Crippen molar-refractivity contribution in [3.8, 4) is 0 Å². The van der Waals surface area contributed by atoms with E-state index in [1.807, 2.05) is 0 Å². The second kappa shape index (κ2) is 6.23. The van der Waals surface area contributed by atoms with Crippen LogP contribution in [0.5, 0.6) is 0 Å². The molecule has 1 rings (SSSR count). The summed E-state index contributed by atoms with van der Waals surface area (Å²) < 4.78 is 10.8. The molecule has 0 aromatic carbocycles. The van der Waals surface area contributed by atoms with Crippen molar-refractivity contribution in [2.45, 2.75) is 38.8 Å². The molecule has 4 heteroatoms. The molecule has 3 atom stereocenters. The number of aliphatic hydroxyl groups is 2. The van der Waals surface area contributed by atoms with E-state index in [0.29, 0.717) is 12.5 Å². The van der Waals surface area contributed by atoms with Crippen molar-refractivity contribution < 1.29 is 19.7 Å². The van der Waals surface area contributed by atoms with Gasteiger partial charge < -0.3 is 19.7 Å². The Labute approximate surface area is 90.5 Å². The average molecular weight is 216 g/mol. The van der Waals surface area contributed by atoms with Crippen LogP contribution in [0.2, 0.25) is 0 Å². The van der Waals surface area contributed by atoms with Crippen molar-refractivity contribution in [2.24, 2.45) is 5.92 Å². The van der Waals surface area contributed by atoms with Crippen molar-refractivity contribution in [2.75, 3.05) is 13.2 Å². The molecule has 0 aliphatic carbocycles. The van der Waals surface area contributed by atoms with Crippen LogP contribution in [0, 0.1) is 5.92 Å². The quantitative estimate of drug-likeness (QED) is 0.664. The summed E-state index contributed by atoms with van der Waals surface area (Å²) in [5.41, 5.74) is 0. The largest absolute Gasteiger partial charge is 0.394 e. The summed E-state index contributed by atoms with van der Waals surface area (Å²) >= 11 is 0. The molecule has 4 nitrogen and oxygen atoms in total. The molecule has 0 unspecified atom stereocenters. The molecule has 0 aromatic heterocycles. The van der Waals surface area contributed by atoms with Crippen LogP contribution < -0.4 is 0 Å². The van der Waals surface area contributed by atoms with E-state index in [0.717, 1.165) is 6.42 Å². The van der Waals surface area contributed by atoms with E-state index in [1.54, 1.807) is 12.2 Å². The summed E-state index contributed by atoms with van der Waals surface area (Å²) in [4.78, 5) is 0. The molecule has 1 heterocycles. The highest BCUT2D eigenvalue weighted by Crippen LogP contribution is 2.14. The normalized spacial score (nSPS) is 31.1. The Morgan fingerprint density at radius 2 is 2.13 bits per heavy atom. The summed E-state index contributed by atoms with van der Waals surface area (Å²) in [6.07, 6.45) is 2.50. The molecule has 0 radical (unpaired) electrons. The lowest BCUT2D eigenvalue weighted by molar-refractivity contribution is -0.180. The lowest BCUT2D eigenvalue weighted by atomic mass is 10.1. The number of ether oxygens (including phenoxy) is 2. The van der Waals surface area contributed by atoms with Gasteiger partial charge in [-0.1, -0.05) is 19.9 Å². The molecule has 15 heavy (non-hydrogen) atoms. The molecule has 2 N–H and O–H groups in total. The van der Waals surface area contributed by atoms with Gasteiger partial charge in [0.2, 0.25) is 0 Å². The first-order chi connectivity index (χ1) is 7.13. The molecule has 0 spiro atoms. The van der Waals surface area contributed by atoms with E-state index in [9.17, 15) is 5.11 Å². The van der Waals surface area contributed by atoms with Gasteiger partial charge in [-0.25, -0.2) is 0 Å². The fourth-order valence-electron chi connectivity index (χ4n) is 1.29. The maximum atomic E-state index is 9.37. The Morgan fingerprint density at radius 3 is 2.73 bits per heavy atom. The number of hydrogen-bond acceptors (Lipinski definition) is 4. The fraction of sp³-hybridized carbons (Fsp3) is 0.818. The standard InChI is InChI=1S/C11H20O4/c1-8(2)5-6-14-11-4-3-9(13)10(7-12)15-11/h3-4,8-13H,5-7H2,1-2H3/t9-,10+,11-/m0/s1. The zero-order valence-electron chi connectivity index (χ0n) is 9.30. The Balaban J connectivity index is 2.28. The molecule has 1 aliphatic rings. The Kier molecular flexibility index (Phi) is 5.25. The summed E-state index contributed by atoms with van der Waals surface area (Å²) in [5.74, 6) is 0.594. The first-order valence-electron chi connectivity index (χ1n) is 5.37. The molecule has 0 saturated heterocycles. The molecular formula is C11H20O4. The number of rotatable bonds is 5.